The third kappa shape index (κ3) is 2.90. The lowest BCUT2D eigenvalue weighted by Gasteiger charge is -2.16. The maximum absolute atomic E-state index is 11.4. The second-order valence-corrected chi connectivity index (χ2v) is 7.09. The van der Waals surface area contributed by atoms with Gasteiger partial charge in [0.25, 0.3) is 0 Å². The Balaban J connectivity index is 2.08. The molecule has 1 aromatic rings. The largest absolute Gasteiger partial charge is 0.388 e. The second-order valence-electron chi connectivity index (χ2n) is 4.62. The smallest absolute Gasteiger partial charge is 0.151 e. The third-order valence-corrected chi connectivity index (χ3v) is 5.06. The number of aliphatic hydroxyl groups excluding tert-OH is 1. The molecule has 1 unspecified atom stereocenters. The Bertz CT molecular complexity index is 490. The number of fused-ring (bicyclic) bond motifs is 1. The van der Waals surface area contributed by atoms with Crippen LogP contribution in [0, 0.1) is 0 Å². The van der Waals surface area contributed by atoms with Crippen LogP contribution in [0.15, 0.2) is 12.4 Å². The van der Waals surface area contributed by atoms with E-state index in [0.717, 1.165) is 30.4 Å². The van der Waals surface area contributed by atoms with Crippen molar-refractivity contribution in [2.24, 2.45) is 0 Å². The first kappa shape index (κ1) is 12.6. The third-order valence-electron chi connectivity index (χ3n) is 3.38. The molecule has 1 atom stereocenters. The van der Waals surface area contributed by atoms with E-state index in [4.69, 9.17) is 0 Å². The fraction of sp³-hybridized carbons (Fsp3) is 0.667. The first-order chi connectivity index (χ1) is 8.02. The van der Waals surface area contributed by atoms with Crippen molar-refractivity contribution in [2.45, 2.75) is 38.8 Å². The highest BCUT2D eigenvalue weighted by Gasteiger charge is 2.20. The van der Waals surface area contributed by atoms with Crippen LogP contribution in [0.2, 0.25) is 0 Å². The van der Waals surface area contributed by atoms with Crippen molar-refractivity contribution in [1.29, 1.82) is 0 Å². The Morgan fingerprint density at radius 1 is 1.47 bits per heavy atom. The van der Waals surface area contributed by atoms with Gasteiger partial charge in [-0.2, -0.15) is 0 Å². The number of aryl methyl sites for hydroxylation is 2. The zero-order valence-electron chi connectivity index (χ0n) is 10.1. The molecule has 0 amide bonds. The van der Waals surface area contributed by atoms with Gasteiger partial charge in [-0.05, 0) is 24.8 Å². The van der Waals surface area contributed by atoms with Crippen LogP contribution in [0.25, 0.3) is 0 Å². The molecule has 0 saturated heterocycles. The molecule has 4 nitrogen and oxygen atoms in total. The monoisotopic (exact) mass is 257 g/mol. The van der Waals surface area contributed by atoms with E-state index in [1.54, 1.807) is 6.92 Å². The molecular weight excluding hydrogens is 238 g/mol. The minimum absolute atomic E-state index is 0.174. The van der Waals surface area contributed by atoms with Crippen LogP contribution in [0.1, 0.15) is 37.0 Å². The molecule has 2 rings (SSSR count). The summed E-state index contributed by atoms with van der Waals surface area (Å²) in [6.07, 6.45) is 6.30. The fourth-order valence-electron chi connectivity index (χ4n) is 2.24. The SMILES string of the molecule is CCS(=O)(=O)CCn1cc2c(c1)C(O)CCC2. The number of hydrogen-bond donors (Lipinski definition) is 1. The van der Waals surface area contributed by atoms with E-state index >= 15 is 0 Å². The highest BCUT2D eigenvalue weighted by atomic mass is 32.2. The van der Waals surface area contributed by atoms with Gasteiger partial charge in [-0.15, -0.1) is 0 Å². The molecule has 1 aliphatic rings. The molecule has 17 heavy (non-hydrogen) atoms. The minimum Gasteiger partial charge on any atom is -0.388 e. The van der Waals surface area contributed by atoms with E-state index in [1.165, 1.54) is 0 Å². The van der Waals surface area contributed by atoms with Gasteiger partial charge < -0.3 is 9.67 Å². The molecule has 0 fully saturated rings. The number of hydrogen-bond acceptors (Lipinski definition) is 3. The summed E-state index contributed by atoms with van der Waals surface area (Å²) >= 11 is 0. The Hall–Kier alpha value is -0.810. The van der Waals surface area contributed by atoms with E-state index in [1.807, 2.05) is 17.0 Å². The quantitative estimate of drug-likeness (QED) is 0.884. The van der Waals surface area contributed by atoms with E-state index < -0.39 is 9.84 Å². The van der Waals surface area contributed by atoms with Crippen LogP contribution in [0.3, 0.4) is 0 Å². The number of aliphatic hydroxyl groups is 1. The van der Waals surface area contributed by atoms with Crippen LogP contribution < -0.4 is 0 Å². The first-order valence-electron chi connectivity index (χ1n) is 6.09. The Morgan fingerprint density at radius 2 is 2.24 bits per heavy atom. The molecule has 5 heteroatoms. The summed E-state index contributed by atoms with van der Waals surface area (Å²) in [7, 11) is -2.92. The highest BCUT2D eigenvalue weighted by Crippen LogP contribution is 2.30. The van der Waals surface area contributed by atoms with E-state index in [-0.39, 0.29) is 17.6 Å². The van der Waals surface area contributed by atoms with E-state index in [9.17, 15) is 13.5 Å². The predicted molar refractivity (Wildman–Crippen MR) is 66.7 cm³/mol. The first-order valence-corrected chi connectivity index (χ1v) is 7.91. The number of aromatic nitrogens is 1. The lowest BCUT2D eigenvalue weighted by molar-refractivity contribution is 0.157. The highest BCUT2D eigenvalue weighted by molar-refractivity contribution is 7.91. The molecule has 1 aromatic heterocycles. The maximum atomic E-state index is 11.4. The Labute approximate surface area is 102 Å². The molecule has 0 saturated carbocycles. The summed E-state index contributed by atoms with van der Waals surface area (Å²) in [4.78, 5) is 0. The van der Waals surface area contributed by atoms with Crippen LogP contribution in [0.5, 0.6) is 0 Å². The van der Waals surface area contributed by atoms with Crippen LogP contribution in [-0.4, -0.2) is 29.6 Å². The number of sulfone groups is 1. The summed E-state index contributed by atoms with van der Waals surface area (Å²) in [6, 6.07) is 0. The molecule has 0 spiro atoms. The molecule has 1 aliphatic carbocycles. The Morgan fingerprint density at radius 3 is 2.88 bits per heavy atom. The van der Waals surface area contributed by atoms with E-state index in [2.05, 4.69) is 0 Å². The molecule has 0 bridgehead atoms. The Kier molecular flexibility index (Phi) is 3.58. The van der Waals surface area contributed by atoms with Crippen molar-refractivity contribution in [2.75, 3.05) is 11.5 Å². The van der Waals surface area contributed by atoms with Crippen molar-refractivity contribution in [3.05, 3.63) is 23.5 Å². The van der Waals surface area contributed by atoms with Gasteiger partial charge in [0.15, 0.2) is 9.84 Å². The van der Waals surface area contributed by atoms with Crippen molar-refractivity contribution < 1.29 is 13.5 Å². The summed E-state index contributed by atoms with van der Waals surface area (Å²) in [5.41, 5.74) is 2.14. The van der Waals surface area contributed by atoms with Gasteiger partial charge in [-0.1, -0.05) is 6.92 Å². The zero-order valence-corrected chi connectivity index (χ0v) is 10.9. The van der Waals surface area contributed by atoms with Crippen LogP contribution in [-0.2, 0) is 22.8 Å². The molecule has 96 valence electrons. The lowest BCUT2D eigenvalue weighted by atomic mass is 9.93. The predicted octanol–water partition coefficient (Wildman–Crippen LogP) is 1.29. The molecule has 0 radical (unpaired) electrons. The summed E-state index contributed by atoms with van der Waals surface area (Å²) in [6.45, 7) is 2.15. The standard InChI is InChI=1S/C12H19NO3S/c1-2-17(15,16)7-6-13-8-10-4-3-5-12(14)11(10)9-13/h8-9,12,14H,2-7H2,1H3. The molecule has 1 N–H and O–H groups in total. The van der Waals surface area contributed by atoms with Gasteiger partial charge in [0.1, 0.15) is 0 Å². The molecular formula is C12H19NO3S. The molecule has 0 aromatic carbocycles. The normalized spacial score (nSPS) is 20.2. The van der Waals surface area contributed by atoms with Gasteiger partial charge in [0.2, 0.25) is 0 Å². The van der Waals surface area contributed by atoms with Gasteiger partial charge in [0.05, 0.1) is 11.9 Å². The average Bonchev–Trinajstić information content (AvgIpc) is 2.71. The van der Waals surface area contributed by atoms with Crippen LogP contribution >= 0.6 is 0 Å². The summed E-state index contributed by atoms with van der Waals surface area (Å²) < 4.78 is 24.7. The maximum Gasteiger partial charge on any atom is 0.151 e. The number of nitrogens with zero attached hydrogens (tertiary/aromatic N) is 1. The van der Waals surface area contributed by atoms with Crippen molar-refractivity contribution >= 4 is 9.84 Å². The zero-order chi connectivity index (χ0) is 12.5. The van der Waals surface area contributed by atoms with Gasteiger partial charge in [-0.3, -0.25) is 0 Å². The summed E-state index contributed by atoms with van der Waals surface area (Å²) in [5.74, 6) is 0.365. The fourth-order valence-corrected chi connectivity index (χ4v) is 3.02. The molecule has 0 aliphatic heterocycles. The van der Waals surface area contributed by atoms with Crippen molar-refractivity contribution in [3.63, 3.8) is 0 Å². The second kappa shape index (κ2) is 4.82. The molecule has 1 heterocycles. The number of rotatable bonds is 4. The van der Waals surface area contributed by atoms with Gasteiger partial charge in [-0.25, -0.2) is 8.42 Å². The minimum atomic E-state index is -2.92. The van der Waals surface area contributed by atoms with Gasteiger partial charge >= 0.3 is 0 Å². The van der Waals surface area contributed by atoms with E-state index in [0.29, 0.717) is 6.54 Å². The van der Waals surface area contributed by atoms with Crippen LogP contribution in [0.4, 0.5) is 0 Å². The summed E-state index contributed by atoms with van der Waals surface area (Å²) in [5, 5.41) is 9.82. The average molecular weight is 257 g/mol. The lowest BCUT2D eigenvalue weighted by Crippen LogP contribution is -2.13. The van der Waals surface area contributed by atoms with Crippen molar-refractivity contribution in [3.8, 4) is 0 Å². The van der Waals surface area contributed by atoms with Gasteiger partial charge in [0, 0.05) is 30.3 Å². The van der Waals surface area contributed by atoms with Crippen molar-refractivity contribution in [1.82, 2.24) is 4.57 Å². The topological polar surface area (TPSA) is 59.3 Å².